The van der Waals surface area contributed by atoms with Crippen molar-refractivity contribution in [1.29, 1.82) is 0 Å². The lowest BCUT2D eigenvalue weighted by atomic mass is 9.47. The Morgan fingerprint density at radius 3 is 2.12 bits per heavy atom. The first-order valence-electron chi connectivity index (χ1n) is 30.9. The van der Waals surface area contributed by atoms with E-state index in [-0.39, 0.29) is 35.0 Å². The second kappa shape index (κ2) is 23.5. The van der Waals surface area contributed by atoms with Crippen molar-refractivity contribution in [2.45, 2.75) is 179 Å². The number of ether oxygens (including phenoxy) is 6. The number of esters is 3. The highest BCUT2D eigenvalue weighted by molar-refractivity contribution is 5.95. The molecule has 3 fully saturated rings. The van der Waals surface area contributed by atoms with Gasteiger partial charge in [0.05, 0.1) is 39.2 Å². The Hall–Kier alpha value is -6.53. The molecule has 17 nitrogen and oxygen atoms in total. The van der Waals surface area contributed by atoms with Crippen LogP contribution >= 0.6 is 0 Å². The van der Waals surface area contributed by atoms with Crippen LogP contribution in [-0.2, 0) is 53.7 Å². The van der Waals surface area contributed by atoms with Gasteiger partial charge in [-0.15, -0.1) is 0 Å². The summed E-state index contributed by atoms with van der Waals surface area (Å²) in [5.74, 6) is -2.41. The van der Waals surface area contributed by atoms with Crippen molar-refractivity contribution in [3.8, 4) is 5.75 Å². The molecule has 12 atom stereocenters. The van der Waals surface area contributed by atoms with Gasteiger partial charge < -0.3 is 48.9 Å². The van der Waals surface area contributed by atoms with Gasteiger partial charge in [0.1, 0.15) is 22.9 Å². The maximum absolute atomic E-state index is 15.8. The summed E-state index contributed by atoms with van der Waals surface area (Å²) in [5, 5.41) is 27.7. The Balaban J connectivity index is 1.03. The number of allylic oxidation sites excluding steroid dienone is 6. The summed E-state index contributed by atoms with van der Waals surface area (Å²) < 4.78 is 37.1. The molecule has 2 bridgehead atoms. The number of nitrogens with one attached hydrogen (secondary N) is 1. The molecule has 0 radical (unpaired) electrons. The summed E-state index contributed by atoms with van der Waals surface area (Å²) in [6.07, 6.45) is 16.9. The van der Waals surface area contributed by atoms with Gasteiger partial charge in [-0.25, -0.2) is 9.59 Å². The number of nitrogens with zero attached hydrogens (tertiary/aromatic N) is 3. The molecule has 1 unspecified atom stereocenters. The summed E-state index contributed by atoms with van der Waals surface area (Å²) in [6, 6.07) is 11.4. The Morgan fingerprint density at radius 2 is 1.50 bits per heavy atom. The van der Waals surface area contributed by atoms with Gasteiger partial charge >= 0.3 is 24.1 Å². The van der Waals surface area contributed by atoms with Crippen LogP contribution in [0.1, 0.15) is 138 Å². The first-order chi connectivity index (χ1) is 40.9. The molecule has 86 heavy (non-hydrogen) atoms. The molecule has 1 saturated carbocycles. The second-order valence-electron chi connectivity index (χ2n) is 27.1. The van der Waals surface area contributed by atoms with E-state index in [0.717, 1.165) is 17.7 Å². The van der Waals surface area contributed by atoms with E-state index < -0.39 is 75.8 Å². The van der Waals surface area contributed by atoms with Gasteiger partial charge in [0.25, 0.3) is 0 Å². The fraction of sp³-hybridized carbons (Fsp3) is 0.580. The minimum Gasteiger partial charge on any atom is -0.496 e. The van der Waals surface area contributed by atoms with E-state index in [1.165, 1.54) is 49.9 Å². The zero-order chi connectivity index (χ0) is 61.9. The number of amides is 1. The number of carbonyl (C=O) groups is 5. The molecule has 0 aromatic heterocycles. The van der Waals surface area contributed by atoms with E-state index in [1.54, 1.807) is 6.07 Å². The van der Waals surface area contributed by atoms with E-state index in [9.17, 15) is 29.4 Å². The number of carbonyl (C=O) groups excluding carboxylic acids is 5. The number of piperidine rings is 1. The summed E-state index contributed by atoms with van der Waals surface area (Å²) >= 11 is 0. The number of fused-ring (bicyclic) bond motifs is 3. The van der Waals surface area contributed by atoms with Gasteiger partial charge in [-0.05, 0) is 130 Å². The molecule has 5 heterocycles. The highest BCUT2D eigenvalue weighted by atomic mass is 16.7. The van der Waals surface area contributed by atoms with Crippen molar-refractivity contribution in [1.82, 2.24) is 9.80 Å². The number of hydrogen-bond donors (Lipinski definition) is 3. The quantitative estimate of drug-likeness (QED) is 0.0499. The molecule has 2 aromatic rings. The summed E-state index contributed by atoms with van der Waals surface area (Å²) in [7, 11) is 4.05. The fourth-order valence-electron chi connectivity index (χ4n) is 17.9. The van der Waals surface area contributed by atoms with Gasteiger partial charge in [0, 0.05) is 79.4 Å². The van der Waals surface area contributed by atoms with Crippen molar-refractivity contribution in [3.63, 3.8) is 0 Å². The van der Waals surface area contributed by atoms with Gasteiger partial charge in [0.15, 0.2) is 6.10 Å². The monoisotopic (exact) mass is 1180 g/mol. The van der Waals surface area contributed by atoms with Crippen molar-refractivity contribution in [3.05, 3.63) is 124 Å². The standard InChI is InChI=1S/C69H90N4O13/c1-13-65(86-62(79)85-49-33-44(4)51(64(8,9)39-49)25-19-18-24-50-43(3)32-48(76)38-63(50,6)7)36-46-37-68(60(77)82-11,56(26-20-29-71(40-46)41-65)70-47-22-16-15-17-23-47)53-34-52-54(35-55(53)81-10)73(42-74)58-67(52)28-31-72-30-21-27-66(14-2,57(67)72)59(84-45(5)75)69(58,80)61(78)83-12/h15-19,21-27,34-35,42,46,48-49,57-59,70,76,80H,13-14,20,28-33,36-41H2,1-12H3/b24-18+,25-19+,56-26?/t46-,48-,49-,57+,58-,59-,65+,66-,67-,68+,69+/m1/s1. The Labute approximate surface area is 507 Å². The number of hydrogen-bond acceptors (Lipinski definition) is 16. The summed E-state index contributed by atoms with van der Waals surface area (Å²) in [6.45, 7) is 20.7. The number of benzene rings is 2. The minimum atomic E-state index is -2.59. The van der Waals surface area contributed by atoms with Crippen LogP contribution in [0.3, 0.4) is 0 Å². The maximum Gasteiger partial charge on any atom is 0.509 e. The van der Waals surface area contributed by atoms with Crippen molar-refractivity contribution in [2.75, 3.05) is 64.3 Å². The van der Waals surface area contributed by atoms with E-state index >= 15 is 4.79 Å². The highest BCUT2D eigenvalue weighted by Gasteiger charge is 2.81. The predicted molar refractivity (Wildman–Crippen MR) is 327 cm³/mol. The number of anilines is 2. The molecular formula is C69H90N4O13. The lowest BCUT2D eigenvalue weighted by Gasteiger charge is -2.63. The predicted octanol–water partition coefficient (Wildman–Crippen LogP) is 10.1. The van der Waals surface area contributed by atoms with Crippen LogP contribution in [-0.4, -0.2) is 146 Å². The smallest absolute Gasteiger partial charge is 0.496 e. The van der Waals surface area contributed by atoms with Gasteiger partial charge in [-0.1, -0.05) is 113 Å². The molecule has 10 rings (SSSR count). The molecule has 8 aliphatic rings. The van der Waals surface area contributed by atoms with Crippen LogP contribution in [0.4, 0.5) is 16.2 Å². The van der Waals surface area contributed by atoms with Gasteiger partial charge in [-0.2, -0.15) is 0 Å². The molecule has 1 amide bonds. The zero-order valence-corrected chi connectivity index (χ0v) is 52.5. The first kappa shape index (κ1) is 62.5. The Morgan fingerprint density at radius 1 is 0.814 bits per heavy atom. The van der Waals surface area contributed by atoms with Crippen LogP contribution in [0.15, 0.2) is 113 Å². The molecule has 464 valence electrons. The van der Waals surface area contributed by atoms with Crippen LogP contribution in [0.2, 0.25) is 0 Å². The molecule has 3 N–H and O–H groups in total. The average molecular weight is 1180 g/mol. The molecule has 5 aliphatic heterocycles. The zero-order valence-electron chi connectivity index (χ0n) is 52.5. The average Bonchev–Trinajstić information content (AvgIpc) is 1.76. The Bertz CT molecular complexity index is 3200. The maximum atomic E-state index is 15.8. The second-order valence-corrected chi connectivity index (χ2v) is 27.1. The van der Waals surface area contributed by atoms with Crippen molar-refractivity contribution in [2.24, 2.45) is 22.2 Å². The molecule has 2 saturated heterocycles. The van der Waals surface area contributed by atoms with Crippen LogP contribution in [0.5, 0.6) is 5.75 Å². The summed E-state index contributed by atoms with van der Waals surface area (Å²) in [5.41, 5.74) is -0.622. The first-order valence-corrected chi connectivity index (χ1v) is 30.9. The van der Waals surface area contributed by atoms with E-state index in [1.807, 2.05) is 68.5 Å². The van der Waals surface area contributed by atoms with Crippen molar-refractivity contribution < 1.29 is 62.6 Å². The van der Waals surface area contributed by atoms with E-state index in [4.69, 9.17) is 28.4 Å². The Kier molecular flexibility index (Phi) is 17.1. The number of rotatable bonds is 15. The van der Waals surface area contributed by atoms with Crippen LogP contribution in [0.25, 0.3) is 0 Å². The normalized spacial score (nSPS) is 34.4. The van der Waals surface area contributed by atoms with Crippen molar-refractivity contribution >= 4 is 41.8 Å². The third-order valence-electron chi connectivity index (χ3n) is 21.0. The number of aliphatic hydroxyl groups excluding tert-OH is 1. The molecular weight excluding hydrogens is 1090 g/mol. The number of aliphatic hydroxyl groups is 2. The minimum absolute atomic E-state index is 0.123. The largest absolute Gasteiger partial charge is 0.509 e. The third-order valence-corrected chi connectivity index (χ3v) is 21.0. The SMILES string of the molecule is CC[C@]1(OC(=O)O[C@@H]2CC(C)=C(/C=C/C=C/C3=C(C)C[C@@H](O)CC3(C)C)C(C)(C)C2)C[C@H]2CN(CCC=C(Nc3ccccc3)[C@@](C(=O)OC)(c3cc4c(cc3OC)N(C=O)[C@H]3[C@@](O)(C(=O)OC)[C@H](OC(C)=O)[C@]5(CC)C=CCN6CC[C@]43[C@@H]65)C2)C1. The molecule has 3 aliphatic carbocycles. The molecule has 2 aromatic carbocycles. The number of para-hydroxylation sites is 1. The lowest BCUT2D eigenvalue weighted by molar-refractivity contribution is -0.228. The van der Waals surface area contributed by atoms with Gasteiger partial charge in [-0.3, -0.25) is 24.2 Å². The lowest BCUT2D eigenvalue weighted by Crippen LogP contribution is -2.81. The van der Waals surface area contributed by atoms with E-state index in [0.29, 0.717) is 113 Å². The highest BCUT2D eigenvalue weighted by Crippen LogP contribution is 2.68. The van der Waals surface area contributed by atoms with E-state index in [2.05, 4.69) is 81.0 Å². The number of methoxy groups -OCH3 is 3. The fourth-order valence-corrected chi connectivity index (χ4v) is 17.9. The summed E-state index contributed by atoms with van der Waals surface area (Å²) in [4.78, 5) is 78.2. The third kappa shape index (κ3) is 10.3. The van der Waals surface area contributed by atoms with Gasteiger partial charge in [0.2, 0.25) is 12.0 Å². The molecule has 1 spiro atoms. The van der Waals surface area contributed by atoms with Crippen LogP contribution in [0, 0.1) is 22.2 Å². The topological polar surface area (TPSA) is 203 Å². The molecule has 17 heteroatoms. The van der Waals surface area contributed by atoms with Crippen LogP contribution < -0.4 is 15.0 Å².